The summed E-state index contributed by atoms with van der Waals surface area (Å²) >= 11 is 1.48. The number of amides is 1. The SMILES string of the molecule is Cc1cn2c(CC(=O)Nc3cc(S(=O)(=O)N(C)C)cc(C)c3C)csc2n1. The molecule has 0 bridgehead atoms. The lowest BCUT2D eigenvalue weighted by Gasteiger charge is -2.16. The molecule has 0 aliphatic carbocycles. The molecule has 2 heterocycles. The highest BCUT2D eigenvalue weighted by atomic mass is 32.2. The highest BCUT2D eigenvalue weighted by molar-refractivity contribution is 7.89. The van der Waals surface area contributed by atoms with Crippen LogP contribution in [0.3, 0.4) is 0 Å². The third-order valence-corrected chi connectivity index (χ3v) is 7.12. The van der Waals surface area contributed by atoms with Gasteiger partial charge < -0.3 is 5.32 Å². The maximum atomic E-state index is 12.6. The monoisotopic (exact) mass is 406 g/mol. The molecule has 2 aromatic heterocycles. The molecule has 3 rings (SSSR count). The van der Waals surface area contributed by atoms with Gasteiger partial charge in [-0.25, -0.2) is 17.7 Å². The van der Waals surface area contributed by atoms with Crippen LogP contribution >= 0.6 is 11.3 Å². The number of carbonyl (C=O) groups is 1. The summed E-state index contributed by atoms with van der Waals surface area (Å²) in [5.41, 5.74) is 3.90. The normalized spacial score (nSPS) is 12.1. The van der Waals surface area contributed by atoms with Crippen LogP contribution in [0.5, 0.6) is 0 Å². The predicted molar refractivity (Wildman–Crippen MR) is 107 cm³/mol. The Hall–Kier alpha value is -2.23. The first kappa shape index (κ1) is 19.5. The Kier molecular flexibility index (Phi) is 5.11. The smallest absolute Gasteiger partial charge is 0.242 e. The number of hydrogen-bond acceptors (Lipinski definition) is 5. The fourth-order valence-corrected chi connectivity index (χ4v) is 4.68. The number of thiazole rings is 1. The number of nitrogens with one attached hydrogen (secondary N) is 1. The average molecular weight is 407 g/mol. The van der Waals surface area contributed by atoms with E-state index in [0.29, 0.717) is 5.69 Å². The van der Waals surface area contributed by atoms with Gasteiger partial charge in [-0.3, -0.25) is 9.20 Å². The number of imidazole rings is 1. The molecule has 0 unspecified atom stereocenters. The van der Waals surface area contributed by atoms with Gasteiger partial charge in [0.1, 0.15) is 0 Å². The van der Waals surface area contributed by atoms with Crippen molar-refractivity contribution < 1.29 is 13.2 Å². The third kappa shape index (κ3) is 3.76. The van der Waals surface area contributed by atoms with Crippen molar-refractivity contribution in [2.24, 2.45) is 0 Å². The third-order valence-electron chi connectivity index (χ3n) is 4.44. The van der Waals surface area contributed by atoms with E-state index in [1.165, 1.54) is 31.5 Å². The van der Waals surface area contributed by atoms with Gasteiger partial charge in [0.15, 0.2) is 4.96 Å². The van der Waals surface area contributed by atoms with Crippen LogP contribution in [-0.2, 0) is 21.2 Å². The van der Waals surface area contributed by atoms with Crippen LogP contribution in [0.1, 0.15) is 22.5 Å². The lowest BCUT2D eigenvalue weighted by Crippen LogP contribution is -2.23. The molecular weight excluding hydrogens is 384 g/mol. The van der Waals surface area contributed by atoms with Crippen molar-refractivity contribution in [3.8, 4) is 0 Å². The van der Waals surface area contributed by atoms with Crippen molar-refractivity contribution in [1.82, 2.24) is 13.7 Å². The van der Waals surface area contributed by atoms with Gasteiger partial charge in [-0.05, 0) is 44.0 Å². The largest absolute Gasteiger partial charge is 0.325 e. The van der Waals surface area contributed by atoms with Gasteiger partial charge in [0.05, 0.1) is 17.0 Å². The molecule has 0 saturated carbocycles. The molecule has 0 aliphatic heterocycles. The fraction of sp³-hybridized carbons (Fsp3) is 0.333. The lowest BCUT2D eigenvalue weighted by atomic mass is 10.1. The molecule has 27 heavy (non-hydrogen) atoms. The molecular formula is C18H22N4O3S2. The van der Waals surface area contributed by atoms with E-state index >= 15 is 0 Å². The Morgan fingerprint density at radius 1 is 1.26 bits per heavy atom. The average Bonchev–Trinajstić information content (AvgIpc) is 3.11. The molecule has 0 fully saturated rings. The van der Waals surface area contributed by atoms with Gasteiger partial charge in [0.25, 0.3) is 0 Å². The van der Waals surface area contributed by atoms with Crippen molar-refractivity contribution >= 4 is 37.9 Å². The summed E-state index contributed by atoms with van der Waals surface area (Å²) in [7, 11) is -0.611. The topological polar surface area (TPSA) is 83.8 Å². The number of fused-ring (bicyclic) bond motifs is 1. The highest BCUT2D eigenvalue weighted by Gasteiger charge is 2.20. The van der Waals surface area contributed by atoms with Crippen molar-refractivity contribution in [1.29, 1.82) is 0 Å². The van der Waals surface area contributed by atoms with Crippen LogP contribution in [0.2, 0.25) is 0 Å². The molecule has 9 heteroatoms. The van der Waals surface area contributed by atoms with Crippen LogP contribution in [0.25, 0.3) is 4.96 Å². The number of aryl methyl sites for hydroxylation is 2. The van der Waals surface area contributed by atoms with Crippen molar-refractivity contribution in [2.45, 2.75) is 32.1 Å². The minimum absolute atomic E-state index is 0.161. The molecule has 0 aliphatic rings. The predicted octanol–water partition coefficient (Wildman–Crippen LogP) is 2.75. The van der Waals surface area contributed by atoms with Crippen LogP contribution in [0, 0.1) is 20.8 Å². The number of anilines is 1. The van der Waals surface area contributed by atoms with Gasteiger partial charge >= 0.3 is 0 Å². The Balaban J connectivity index is 1.88. The summed E-state index contributed by atoms with van der Waals surface area (Å²) in [6.45, 7) is 5.60. The van der Waals surface area contributed by atoms with E-state index in [9.17, 15) is 13.2 Å². The van der Waals surface area contributed by atoms with Crippen LogP contribution in [-0.4, -0.2) is 42.1 Å². The molecule has 1 N–H and O–H groups in total. The Bertz CT molecular complexity index is 1130. The Labute approximate surface area is 162 Å². The summed E-state index contributed by atoms with van der Waals surface area (Å²) in [6, 6.07) is 3.14. The van der Waals surface area contributed by atoms with Crippen LogP contribution in [0.15, 0.2) is 28.6 Å². The van der Waals surface area contributed by atoms with E-state index in [1.54, 1.807) is 6.07 Å². The van der Waals surface area contributed by atoms with Crippen LogP contribution in [0.4, 0.5) is 5.69 Å². The minimum Gasteiger partial charge on any atom is -0.325 e. The molecule has 1 aromatic carbocycles. The molecule has 0 radical (unpaired) electrons. The van der Waals surface area contributed by atoms with Gasteiger partial charge in [-0.2, -0.15) is 0 Å². The zero-order valence-corrected chi connectivity index (χ0v) is 17.5. The maximum absolute atomic E-state index is 12.6. The first-order valence-corrected chi connectivity index (χ1v) is 10.7. The number of benzene rings is 1. The molecule has 1 amide bonds. The van der Waals surface area contributed by atoms with Crippen LogP contribution < -0.4 is 5.32 Å². The zero-order chi connectivity index (χ0) is 19.9. The summed E-state index contributed by atoms with van der Waals surface area (Å²) in [5, 5.41) is 4.77. The first-order chi connectivity index (χ1) is 12.6. The first-order valence-electron chi connectivity index (χ1n) is 8.35. The second-order valence-corrected chi connectivity index (χ2v) is 9.68. The summed E-state index contributed by atoms with van der Waals surface area (Å²) < 4.78 is 28.0. The second-order valence-electron chi connectivity index (χ2n) is 6.69. The molecule has 0 atom stereocenters. The molecule has 3 aromatic rings. The number of nitrogens with zero attached hydrogens (tertiary/aromatic N) is 3. The quantitative estimate of drug-likeness (QED) is 0.706. The second kappa shape index (κ2) is 7.06. The maximum Gasteiger partial charge on any atom is 0.242 e. The number of sulfonamides is 1. The lowest BCUT2D eigenvalue weighted by molar-refractivity contribution is -0.115. The molecule has 0 saturated heterocycles. The molecule has 0 spiro atoms. The Morgan fingerprint density at radius 2 is 1.96 bits per heavy atom. The molecule has 144 valence electrons. The summed E-state index contributed by atoms with van der Waals surface area (Å²) in [5.74, 6) is -0.206. The van der Waals surface area contributed by atoms with Gasteiger partial charge in [-0.15, -0.1) is 11.3 Å². The summed E-state index contributed by atoms with van der Waals surface area (Å²) in [6.07, 6.45) is 2.08. The summed E-state index contributed by atoms with van der Waals surface area (Å²) in [4.78, 5) is 18.0. The van der Waals surface area contributed by atoms with Gasteiger partial charge in [0, 0.05) is 37.1 Å². The van der Waals surface area contributed by atoms with E-state index in [-0.39, 0.29) is 17.2 Å². The van der Waals surface area contributed by atoms with Gasteiger partial charge in [-0.1, -0.05) is 0 Å². The van der Waals surface area contributed by atoms with Crippen molar-refractivity contribution in [3.63, 3.8) is 0 Å². The Morgan fingerprint density at radius 3 is 2.63 bits per heavy atom. The minimum atomic E-state index is -3.58. The van der Waals surface area contributed by atoms with E-state index in [2.05, 4.69) is 10.3 Å². The van der Waals surface area contributed by atoms with E-state index < -0.39 is 10.0 Å². The number of hydrogen-bond donors (Lipinski definition) is 1. The highest BCUT2D eigenvalue weighted by Crippen LogP contribution is 2.26. The number of rotatable bonds is 5. The van der Waals surface area contributed by atoms with Crippen molar-refractivity contribution in [3.05, 3.63) is 46.2 Å². The zero-order valence-electron chi connectivity index (χ0n) is 15.9. The van der Waals surface area contributed by atoms with E-state index in [4.69, 9.17) is 0 Å². The van der Waals surface area contributed by atoms with E-state index in [1.807, 2.05) is 36.7 Å². The fourth-order valence-electron chi connectivity index (χ4n) is 2.74. The van der Waals surface area contributed by atoms with E-state index in [0.717, 1.165) is 31.8 Å². The van der Waals surface area contributed by atoms with Crippen molar-refractivity contribution in [2.75, 3.05) is 19.4 Å². The number of aromatic nitrogens is 2. The standard InChI is InChI=1S/C18H22N4O3S2/c1-11-6-15(27(24,25)21(4)5)8-16(13(11)3)20-17(23)7-14-10-26-18-19-12(2)9-22(14)18/h6,8-10H,7H2,1-5H3,(H,20,23). The number of carbonyl (C=O) groups excluding carboxylic acids is 1. The van der Waals surface area contributed by atoms with Gasteiger partial charge in [0.2, 0.25) is 15.9 Å². The molecule has 7 nitrogen and oxygen atoms in total.